The molecule has 0 bridgehead atoms. The molecule has 5 nitrogen and oxygen atoms in total. The first-order valence-electron chi connectivity index (χ1n) is 11.7. The van der Waals surface area contributed by atoms with Crippen LogP contribution in [0.2, 0.25) is 0 Å². The fourth-order valence-corrected chi connectivity index (χ4v) is 4.22. The lowest BCUT2D eigenvalue weighted by molar-refractivity contribution is -0.142. The van der Waals surface area contributed by atoms with E-state index in [-0.39, 0.29) is 36.4 Å². The van der Waals surface area contributed by atoms with Crippen LogP contribution in [0.15, 0.2) is 48.5 Å². The van der Waals surface area contributed by atoms with Gasteiger partial charge in [-0.25, -0.2) is 4.39 Å². The van der Waals surface area contributed by atoms with Crippen molar-refractivity contribution in [3.8, 4) is 5.75 Å². The Morgan fingerprint density at radius 2 is 1.73 bits per heavy atom. The van der Waals surface area contributed by atoms with Gasteiger partial charge in [-0.2, -0.15) is 0 Å². The number of nitrogens with zero attached hydrogens (tertiary/aromatic N) is 1. The van der Waals surface area contributed by atoms with E-state index >= 15 is 0 Å². The average Bonchev–Trinajstić information content (AvgIpc) is 3.29. The fraction of sp³-hybridized carbons (Fsp3) is 0.481. The number of amides is 2. The second kappa shape index (κ2) is 10.8. The Kier molecular flexibility index (Phi) is 8.11. The first-order chi connectivity index (χ1) is 15.7. The molecular weight excluding hydrogens is 419 g/mol. The van der Waals surface area contributed by atoms with Crippen LogP contribution in [0.4, 0.5) is 4.39 Å². The van der Waals surface area contributed by atoms with Crippen LogP contribution in [0, 0.1) is 5.82 Å². The van der Waals surface area contributed by atoms with Crippen molar-refractivity contribution in [2.75, 3.05) is 6.61 Å². The molecule has 0 saturated heterocycles. The number of hydrogen-bond donors (Lipinski definition) is 1. The Morgan fingerprint density at radius 3 is 2.39 bits per heavy atom. The van der Waals surface area contributed by atoms with Crippen LogP contribution < -0.4 is 10.1 Å². The van der Waals surface area contributed by atoms with E-state index in [1.54, 1.807) is 25.1 Å². The van der Waals surface area contributed by atoms with Gasteiger partial charge in [0.15, 0.2) is 6.61 Å². The molecule has 1 saturated carbocycles. The van der Waals surface area contributed by atoms with Gasteiger partial charge >= 0.3 is 0 Å². The average molecular weight is 455 g/mol. The van der Waals surface area contributed by atoms with Crippen LogP contribution in [0.5, 0.6) is 5.75 Å². The van der Waals surface area contributed by atoms with Crippen LogP contribution in [0.1, 0.15) is 64.5 Å². The van der Waals surface area contributed by atoms with Crippen molar-refractivity contribution >= 4 is 11.8 Å². The van der Waals surface area contributed by atoms with E-state index in [0.29, 0.717) is 11.3 Å². The SMILES string of the molecule is C[C@H](C(=O)NC1CCCC1)N(Cc1ccccc1F)C(=O)COc1ccccc1C(C)(C)C. The second-order valence-corrected chi connectivity index (χ2v) is 9.81. The Hall–Kier alpha value is -2.89. The summed E-state index contributed by atoms with van der Waals surface area (Å²) in [6, 6.07) is 13.3. The Labute approximate surface area is 196 Å². The van der Waals surface area contributed by atoms with Crippen LogP contribution in [0.3, 0.4) is 0 Å². The van der Waals surface area contributed by atoms with Crippen molar-refractivity contribution in [3.05, 3.63) is 65.5 Å². The van der Waals surface area contributed by atoms with Gasteiger partial charge in [-0.05, 0) is 42.9 Å². The van der Waals surface area contributed by atoms with E-state index in [0.717, 1.165) is 31.2 Å². The summed E-state index contributed by atoms with van der Waals surface area (Å²) in [6.07, 6.45) is 4.09. The van der Waals surface area contributed by atoms with E-state index < -0.39 is 11.9 Å². The summed E-state index contributed by atoms with van der Waals surface area (Å²) in [7, 11) is 0. The van der Waals surface area contributed by atoms with Crippen LogP contribution in [-0.4, -0.2) is 35.4 Å². The zero-order valence-corrected chi connectivity index (χ0v) is 20.1. The highest BCUT2D eigenvalue weighted by Crippen LogP contribution is 2.31. The van der Waals surface area contributed by atoms with Crippen LogP contribution in [-0.2, 0) is 21.5 Å². The quantitative estimate of drug-likeness (QED) is 0.612. The minimum absolute atomic E-state index is 0.00492. The van der Waals surface area contributed by atoms with E-state index in [4.69, 9.17) is 4.74 Å². The molecule has 0 unspecified atom stereocenters. The number of halogens is 1. The molecule has 0 spiro atoms. The molecule has 1 fully saturated rings. The highest BCUT2D eigenvalue weighted by molar-refractivity contribution is 5.88. The van der Waals surface area contributed by atoms with E-state index in [1.807, 2.05) is 24.3 Å². The fourth-order valence-electron chi connectivity index (χ4n) is 4.22. The van der Waals surface area contributed by atoms with Gasteiger partial charge in [0, 0.05) is 18.2 Å². The number of hydrogen-bond acceptors (Lipinski definition) is 3. The Morgan fingerprint density at radius 1 is 1.09 bits per heavy atom. The molecule has 1 aliphatic rings. The number of carbonyl (C=O) groups is 2. The first kappa shape index (κ1) is 24.7. The standard InChI is InChI=1S/C27H35FN2O3/c1-19(26(32)29-21-12-6-7-13-21)30(17-20-11-5-9-15-23(20)28)25(31)18-33-24-16-10-8-14-22(24)27(2,3)4/h5,8-11,14-16,19,21H,6-7,12-13,17-18H2,1-4H3,(H,29,32)/t19-/m1/s1. The number of ether oxygens (including phenoxy) is 1. The van der Waals surface area contributed by atoms with Gasteiger partial charge in [-0.15, -0.1) is 0 Å². The number of carbonyl (C=O) groups excluding carboxylic acids is 2. The summed E-state index contributed by atoms with van der Waals surface area (Å²) in [6.45, 7) is 7.69. The van der Waals surface area contributed by atoms with Gasteiger partial charge in [-0.3, -0.25) is 9.59 Å². The third-order valence-electron chi connectivity index (χ3n) is 6.21. The summed E-state index contributed by atoms with van der Waals surface area (Å²) in [5.74, 6) is -0.359. The topological polar surface area (TPSA) is 58.6 Å². The second-order valence-electron chi connectivity index (χ2n) is 9.81. The van der Waals surface area contributed by atoms with Gasteiger partial charge in [-0.1, -0.05) is 70.0 Å². The molecule has 6 heteroatoms. The van der Waals surface area contributed by atoms with Gasteiger partial charge in [0.05, 0.1) is 0 Å². The molecule has 1 aliphatic carbocycles. The zero-order valence-electron chi connectivity index (χ0n) is 20.1. The predicted octanol–water partition coefficient (Wildman–Crippen LogP) is 4.98. The molecule has 1 N–H and O–H groups in total. The van der Waals surface area contributed by atoms with Gasteiger partial charge in [0.25, 0.3) is 5.91 Å². The number of rotatable bonds is 8. The van der Waals surface area contributed by atoms with Crippen molar-refractivity contribution < 1.29 is 18.7 Å². The lowest BCUT2D eigenvalue weighted by Gasteiger charge is -2.30. The third kappa shape index (κ3) is 6.56. The maximum Gasteiger partial charge on any atom is 0.261 e. The van der Waals surface area contributed by atoms with Gasteiger partial charge in [0.2, 0.25) is 5.91 Å². The molecule has 2 aromatic carbocycles. The molecule has 0 aromatic heterocycles. The first-order valence-corrected chi connectivity index (χ1v) is 11.7. The monoisotopic (exact) mass is 454 g/mol. The summed E-state index contributed by atoms with van der Waals surface area (Å²) < 4.78 is 20.3. The van der Waals surface area contributed by atoms with Gasteiger partial charge in [0.1, 0.15) is 17.6 Å². The third-order valence-corrected chi connectivity index (χ3v) is 6.21. The lowest BCUT2D eigenvalue weighted by Crippen LogP contribution is -2.50. The number of nitrogens with one attached hydrogen (secondary N) is 1. The van der Waals surface area contributed by atoms with Gasteiger partial charge < -0.3 is 15.0 Å². The largest absolute Gasteiger partial charge is 0.483 e. The number of benzene rings is 2. The summed E-state index contributed by atoms with van der Waals surface area (Å²) >= 11 is 0. The van der Waals surface area contributed by atoms with E-state index in [2.05, 4.69) is 26.1 Å². The molecule has 178 valence electrons. The van der Waals surface area contributed by atoms with Crippen molar-refractivity contribution in [2.45, 2.75) is 77.4 Å². The van der Waals surface area contributed by atoms with Crippen LogP contribution >= 0.6 is 0 Å². The lowest BCUT2D eigenvalue weighted by atomic mass is 9.86. The number of para-hydroxylation sites is 1. The highest BCUT2D eigenvalue weighted by Gasteiger charge is 2.29. The molecule has 0 radical (unpaired) electrons. The minimum Gasteiger partial charge on any atom is -0.483 e. The molecule has 2 aromatic rings. The smallest absolute Gasteiger partial charge is 0.261 e. The summed E-state index contributed by atoms with van der Waals surface area (Å²) in [5, 5.41) is 3.05. The van der Waals surface area contributed by atoms with Crippen molar-refractivity contribution in [1.82, 2.24) is 10.2 Å². The molecule has 1 atom stereocenters. The zero-order chi connectivity index (χ0) is 24.0. The molecular formula is C27H35FN2O3. The van der Waals surface area contributed by atoms with Crippen molar-refractivity contribution in [1.29, 1.82) is 0 Å². The minimum atomic E-state index is -0.751. The maximum absolute atomic E-state index is 14.4. The van der Waals surface area contributed by atoms with E-state index in [1.165, 1.54) is 11.0 Å². The predicted molar refractivity (Wildman–Crippen MR) is 127 cm³/mol. The molecule has 0 aliphatic heterocycles. The van der Waals surface area contributed by atoms with Crippen LogP contribution in [0.25, 0.3) is 0 Å². The van der Waals surface area contributed by atoms with E-state index in [9.17, 15) is 14.0 Å². The molecule has 2 amide bonds. The molecule has 3 rings (SSSR count). The normalized spacial score (nSPS) is 15.2. The summed E-state index contributed by atoms with van der Waals surface area (Å²) in [5.41, 5.74) is 1.20. The highest BCUT2D eigenvalue weighted by atomic mass is 19.1. The molecule has 0 heterocycles. The Balaban J connectivity index is 1.77. The molecule has 33 heavy (non-hydrogen) atoms. The summed E-state index contributed by atoms with van der Waals surface area (Å²) in [4.78, 5) is 27.6. The van der Waals surface area contributed by atoms with Crippen molar-refractivity contribution in [2.24, 2.45) is 0 Å². The maximum atomic E-state index is 14.4. The van der Waals surface area contributed by atoms with Crippen molar-refractivity contribution in [3.63, 3.8) is 0 Å². The Bertz CT molecular complexity index is 964.